The van der Waals surface area contributed by atoms with Gasteiger partial charge in [0.1, 0.15) is 6.61 Å². The molecule has 0 heterocycles. The van der Waals surface area contributed by atoms with E-state index in [0.717, 1.165) is 34.2 Å². The summed E-state index contributed by atoms with van der Waals surface area (Å²) in [5.41, 5.74) is 4.15. The van der Waals surface area contributed by atoms with Gasteiger partial charge in [-0.05, 0) is 22.3 Å². The fourth-order valence-corrected chi connectivity index (χ4v) is 3.14. The van der Waals surface area contributed by atoms with Gasteiger partial charge in [-0.1, -0.05) is 48.5 Å². The molecule has 0 radical (unpaired) electrons. The number of hydrogen-bond donors (Lipinski definition) is 1. The van der Waals surface area contributed by atoms with Crippen molar-refractivity contribution in [2.75, 3.05) is 20.2 Å². The van der Waals surface area contributed by atoms with Crippen LogP contribution in [0.4, 0.5) is 18.0 Å². The van der Waals surface area contributed by atoms with Crippen molar-refractivity contribution < 1.29 is 27.8 Å². The molecular formula is C19H18F3NO3. The fourth-order valence-electron chi connectivity index (χ4n) is 3.14. The van der Waals surface area contributed by atoms with Crippen LogP contribution in [0.5, 0.6) is 0 Å². The highest BCUT2D eigenvalue weighted by molar-refractivity contribution is 5.79. The molecule has 4 nitrogen and oxygen atoms in total. The molecule has 1 atom stereocenters. The van der Waals surface area contributed by atoms with E-state index >= 15 is 0 Å². The predicted octanol–water partition coefficient (Wildman–Crippen LogP) is 3.79. The largest absolute Gasteiger partial charge is 0.448 e. The zero-order valence-corrected chi connectivity index (χ0v) is 14.0. The highest BCUT2D eigenvalue weighted by atomic mass is 19.4. The van der Waals surface area contributed by atoms with Gasteiger partial charge in [0.05, 0.1) is 6.54 Å². The predicted molar refractivity (Wildman–Crippen MR) is 89.8 cm³/mol. The minimum absolute atomic E-state index is 0.0132. The SMILES string of the molecule is CN(C[C@@H](O)C(F)(F)F)C(=O)OCC1c2ccccc2-c2ccccc21. The van der Waals surface area contributed by atoms with Crippen molar-refractivity contribution in [3.63, 3.8) is 0 Å². The average molecular weight is 365 g/mol. The second kappa shape index (κ2) is 6.99. The Morgan fingerprint density at radius 2 is 1.62 bits per heavy atom. The highest BCUT2D eigenvalue weighted by Gasteiger charge is 2.39. The molecule has 0 fully saturated rings. The first-order chi connectivity index (χ1) is 12.3. The summed E-state index contributed by atoms with van der Waals surface area (Å²) in [6, 6.07) is 15.5. The van der Waals surface area contributed by atoms with Crippen molar-refractivity contribution in [2.45, 2.75) is 18.2 Å². The van der Waals surface area contributed by atoms with Gasteiger partial charge in [-0.3, -0.25) is 0 Å². The van der Waals surface area contributed by atoms with E-state index < -0.39 is 24.9 Å². The van der Waals surface area contributed by atoms with Crippen LogP contribution in [-0.4, -0.2) is 48.6 Å². The molecule has 0 saturated carbocycles. The zero-order chi connectivity index (χ0) is 18.9. The maximum atomic E-state index is 12.4. The molecule has 1 aliphatic rings. The van der Waals surface area contributed by atoms with E-state index in [0.29, 0.717) is 0 Å². The molecule has 1 N–H and O–H groups in total. The summed E-state index contributed by atoms with van der Waals surface area (Å²) in [5.74, 6) is -0.174. The number of aliphatic hydroxyl groups excluding tert-OH is 1. The van der Waals surface area contributed by atoms with Crippen LogP contribution in [0.25, 0.3) is 11.1 Å². The first-order valence-electron chi connectivity index (χ1n) is 8.10. The number of fused-ring (bicyclic) bond motifs is 3. The number of halogens is 3. The van der Waals surface area contributed by atoms with Crippen molar-refractivity contribution in [1.29, 1.82) is 0 Å². The standard InChI is InChI=1S/C19H18F3NO3/c1-23(10-17(24)19(20,21)22)18(25)26-11-16-14-8-4-2-6-12(14)13-7-3-5-9-15(13)16/h2-9,16-17,24H,10-11H2,1H3/t17-/m1/s1. The topological polar surface area (TPSA) is 49.8 Å². The molecule has 0 unspecified atom stereocenters. The third-order valence-corrected chi connectivity index (χ3v) is 4.47. The lowest BCUT2D eigenvalue weighted by molar-refractivity contribution is -0.206. The summed E-state index contributed by atoms with van der Waals surface area (Å²) in [4.78, 5) is 12.7. The normalized spacial score (nSPS) is 14.5. The van der Waals surface area contributed by atoms with E-state index in [9.17, 15) is 18.0 Å². The van der Waals surface area contributed by atoms with Crippen LogP contribution in [0.1, 0.15) is 17.0 Å². The number of benzene rings is 2. The zero-order valence-electron chi connectivity index (χ0n) is 14.0. The van der Waals surface area contributed by atoms with E-state index in [-0.39, 0.29) is 12.5 Å². The number of hydrogen-bond acceptors (Lipinski definition) is 3. The van der Waals surface area contributed by atoms with Gasteiger partial charge in [-0.2, -0.15) is 13.2 Å². The molecule has 0 aromatic heterocycles. The van der Waals surface area contributed by atoms with E-state index in [1.807, 2.05) is 48.5 Å². The quantitative estimate of drug-likeness (QED) is 0.897. The van der Waals surface area contributed by atoms with Crippen molar-refractivity contribution in [3.05, 3.63) is 59.7 Å². The van der Waals surface area contributed by atoms with Gasteiger partial charge in [0, 0.05) is 13.0 Å². The molecule has 0 bridgehead atoms. The summed E-state index contributed by atoms with van der Waals surface area (Å²) >= 11 is 0. The maximum Gasteiger partial charge on any atom is 0.416 e. The lowest BCUT2D eigenvalue weighted by Gasteiger charge is -2.23. The van der Waals surface area contributed by atoms with Crippen LogP contribution in [0.3, 0.4) is 0 Å². The molecule has 0 spiro atoms. The number of likely N-dealkylation sites (N-methyl/N-ethyl adjacent to an activating group) is 1. The lowest BCUT2D eigenvalue weighted by Crippen LogP contribution is -2.42. The molecule has 0 saturated heterocycles. The van der Waals surface area contributed by atoms with Crippen LogP contribution < -0.4 is 0 Å². The molecule has 2 aromatic rings. The van der Waals surface area contributed by atoms with E-state index in [1.165, 1.54) is 0 Å². The number of carbonyl (C=O) groups is 1. The number of aliphatic hydroxyl groups is 1. The number of carbonyl (C=O) groups excluding carboxylic acids is 1. The Labute approximate surface area is 148 Å². The van der Waals surface area contributed by atoms with Crippen LogP contribution in [0.2, 0.25) is 0 Å². The minimum Gasteiger partial charge on any atom is -0.448 e. The number of rotatable bonds is 4. The molecule has 1 aliphatic carbocycles. The Balaban J connectivity index is 1.69. The molecule has 26 heavy (non-hydrogen) atoms. The van der Waals surface area contributed by atoms with E-state index in [1.54, 1.807) is 0 Å². The second-order valence-corrected chi connectivity index (χ2v) is 6.24. The molecule has 138 valence electrons. The first kappa shape index (κ1) is 18.3. The van der Waals surface area contributed by atoms with Crippen LogP contribution in [-0.2, 0) is 4.74 Å². The summed E-state index contributed by atoms with van der Waals surface area (Å²) in [6.07, 6.45) is -8.29. The highest BCUT2D eigenvalue weighted by Crippen LogP contribution is 2.44. The van der Waals surface area contributed by atoms with Crippen LogP contribution >= 0.6 is 0 Å². The summed E-state index contributed by atoms with van der Waals surface area (Å²) in [6.45, 7) is -0.862. The number of amides is 1. The van der Waals surface area contributed by atoms with Gasteiger partial charge in [0.2, 0.25) is 0 Å². The van der Waals surface area contributed by atoms with Crippen molar-refractivity contribution in [3.8, 4) is 11.1 Å². The second-order valence-electron chi connectivity index (χ2n) is 6.24. The van der Waals surface area contributed by atoms with Gasteiger partial charge in [-0.15, -0.1) is 0 Å². The Bertz CT molecular complexity index is 761. The van der Waals surface area contributed by atoms with Crippen molar-refractivity contribution >= 4 is 6.09 Å². The van der Waals surface area contributed by atoms with E-state index in [4.69, 9.17) is 9.84 Å². The number of alkyl halides is 3. The molecule has 2 aromatic carbocycles. The van der Waals surface area contributed by atoms with Crippen molar-refractivity contribution in [1.82, 2.24) is 4.90 Å². The molecule has 3 rings (SSSR count). The third-order valence-electron chi connectivity index (χ3n) is 4.47. The summed E-state index contributed by atoms with van der Waals surface area (Å²) in [5, 5.41) is 9.07. The molecule has 0 aliphatic heterocycles. The maximum absolute atomic E-state index is 12.4. The molecule has 7 heteroatoms. The van der Waals surface area contributed by atoms with Crippen LogP contribution in [0.15, 0.2) is 48.5 Å². The van der Waals surface area contributed by atoms with E-state index in [2.05, 4.69) is 0 Å². The minimum atomic E-state index is -4.78. The summed E-state index contributed by atoms with van der Waals surface area (Å²) in [7, 11) is 1.16. The molecule has 1 amide bonds. The van der Waals surface area contributed by atoms with Crippen molar-refractivity contribution in [2.24, 2.45) is 0 Å². The average Bonchev–Trinajstić information content (AvgIpc) is 2.93. The third kappa shape index (κ3) is 3.53. The van der Waals surface area contributed by atoms with Gasteiger partial charge in [-0.25, -0.2) is 4.79 Å². The number of nitrogens with zero attached hydrogens (tertiary/aromatic N) is 1. The summed E-state index contributed by atoms with van der Waals surface area (Å²) < 4.78 is 42.4. The molecular weight excluding hydrogens is 347 g/mol. The van der Waals surface area contributed by atoms with Gasteiger partial charge in [0.25, 0.3) is 0 Å². The van der Waals surface area contributed by atoms with Crippen LogP contribution in [0, 0.1) is 0 Å². The van der Waals surface area contributed by atoms with Gasteiger partial charge >= 0.3 is 12.3 Å². The smallest absolute Gasteiger partial charge is 0.416 e. The Hall–Kier alpha value is -2.54. The first-order valence-corrected chi connectivity index (χ1v) is 8.10. The Morgan fingerprint density at radius 3 is 2.12 bits per heavy atom. The van der Waals surface area contributed by atoms with Gasteiger partial charge in [0.15, 0.2) is 6.10 Å². The monoisotopic (exact) mass is 365 g/mol. The lowest BCUT2D eigenvalue weighted by atomic mass is 9.98. The Morgan fingerprint density at radius 1 is 1.12 bits per heavy atom. The Kier molecular flexibility index (Phi) is 4.91. The fraction of sp³-hybridized carbons (Fsp3) is 0.316. The number of ether oxygens (including phenoxy) is 1. The van der Waals surface area contributed by atoms with Gasteiger partial charge < -0.3 is 14.7 Å².